The van der Waals surface area contributed by atoms with E-state index in [1.807, 2.05) is 0 Å². The summed E-state index contributed by atoms with van der Waals surface area (Å²) < 4.78 is 43.3. The van der Waals surface area contributed by atoms with Gasteiger partial charge in [0.05, 0.1) is 12.4 Å². The maximum Gasteiger partial charge on any atom is 0.305 e. The van der Waals surface area contributed by atoms with Crippen LogP contribution in [0.5, 0.6) is 0 Å². The molecule has 0 unspecified atom stereocenters. The zero-order valence-electron chi connectivity index (χ0n) is 11.3. The lowest BCUT2D eigenvalue weighted by atomic mass is 10.2. The van der Waals surface area contributed by atoms with Gasteiger partial charge >= 0.3 is 5.97 Å². The number of halogens is 1. The van der Waals surface area contributed by atoms with Crippen molar-refractivity contribution in [2.45, 2.75) is 25.5 Å². The number of ether oxygens (including phenoxy) is 1. The van der Waals surface area contributed by atoms with E-state index < -0.39 is 15.8 Å². The van der Waals surface area contributed by atoms with Crippen LogP contribution in [0.3, 0.4) is 0 Å². The fourth-order valence-corrected chi connectivity index (χ4v) is 2.73. The number of hydrogen-bond donors (Lipinski definition) is 1. The molecule has 0 fully saturated rings. The molecule has 0 aliphatic carbocycles. The molecular formula is C13H18FNO4S. The second-order valence-corrected chi connectivity index (χ2v) is 6.00. The molecule has 0 bridgehead atoms. The van der Waals surface area contributed by atoms with Crippen molar-refractivity contribution in [1.29, 1.82) is 0 Å². The number of benzene rings is 1. The minimum Gasteiger partial charge on any atom is -0.466 e. The Balaban J connectivity index is 2.35. The SMILES string of the molecule is CCOC(=O)CCCNS(=O)(=O)Cc1ccc(F)cc1. The number of carbonyl (C=O) groups is 1. The van der Waals surface area contributed by atoms with Crippen LogP contribution in [0.25, 0.3) is 0 Å². The molecule has 1 N–H and O–H groups in total. The van der Waals surface area contributed by atoms with Gasteiger partial charge < -0.3 is 4.74 Å². The smallest absolute Gasteiger partial charge is 0.305 e. The van der Waals surface area contributed by atoms with Gasteiger partial charge in [-0.1, -0.05) is 12.1 Å². The lowest BCUT2D eigenvalue weighted by molar-refractivity contribution is -0.143. The molecular weight excluding hydrogens is 285 g/mol. The maximum atomic E-state index is 12.7. The van der Waals surface area contributed by atoms with E-state index in [0.717, 1.165) is 0 Å². The van der Waals surface area contributed by atoms with Crippen LogP contribution in [0.1, 0.15) is 25.3 Å². The third-order valence-electron chi connectivity index (χ3n) is 2.45. The quantitative estimate of drug-likeness (QED) is 0.585. The first-order valence-electron chi connectivity index (χ1n) is 6.30. The van der Waals surface area contributed by atoms with Crippen molar-refractivity contribution < 1.29 is 22.3 Å². The molecule has 0 saturated carbocycles. The Morgan fingerprint density at radius 1 is 1.30 bits per heavy atom. The molecule has 1 rings (SSSR count). The van der Waals surface area contributed by atoms with E-state index in [-0.39, 0.29) is 24.7 Å². The predicted molar refractivity (Wildman–Crippen MR) is 72.9 cm³/mol. The average molecular weight is 303 g/mol. The number of sulfonamides is 1. The Morgan fingerprint density at radius 2 is 1.95 bits per heavy atom. The van der Waals surface area contributed by atoms with Gasteiger partial charge in [-0.25, -0.2) is 17.5 Å². The van der Waals surface area contributed by atoms with Gasteiger partial charge in [0, 0.05) is 13.0 Å². The van der Waals surface area contributed by atoms with E-state index >= 15 is 0 Å². The van der Waals surface area contributed by atoms with E-state index in [2.05, 4.69) is 4.72 Å². The molecule has 0 aromatic heterocycles. The monoisotopic (exact) mass is 303 g/mol. The third-order valence-corrected chi connectivity index (χ3v) is 3.81. The van der Waals surface area contributed by atoms with Gasteiger partial charge in [-0.15, -0.1) is 0 Å². The number of rotatable bonds is 8. The maximum absolute atomic E-state index is 12.7. The van der Waals surface area contributed by atoms with Crippen LogP contribution in [-0.2, 0) is 25.3 Å². The molecule has 1 aromatic rings. The van der Waals surface area contributed by atoms with E-state index in [9.17, 15) is 17.6 Å². The van der Waals surface area contributed by atoms with E-state index in [1.165, 1.54) is 24.3 Å². The van der Waals surface area contributed by atoms with E-state index in [1.54, 1.807) is 6.92 Å². The summed E-state index contributed by atoms with van der Waals surface area (Å²) in [6.45, 7) is 2.20. The fourth-order valence-electron chi connectivity index (χ4n) is 1.54. The Bertz CT molecular complexity index is 528. The van der Waals surface area contributed by atoms with Crippen LogP contribution < -0.4 is 4.72 Å². The minimum absolute atomic E-state index is 0.169. The molecule has 1 aromatic carbocycles. The second kappa shape index (κ2) is 7.96. The molecule has 0 aliphatic rings. The average Bonchev–Trinajstić information content (AvgIpc) is 2.38. The highest BCUT2D eigenvalue weighted by Crippen LogP contribution is 2.06. The van der Waals surface area contributed by atoms with Crippen molar-refractivity contribution in [1.82, 2.24) is 4.72 Å². The van der Waals surface area contributed by atoms with Gasteiger partial charge in [0.2, 0.25) is 10.0 Å². The summed E-state index contributed by atoms with van der Waals surface area (Å²) in [5, 5.41) is 0. The summed E-state index contributed by atoms with van der Waals surface area (Å²) >= 11 is 0. The molecule has 0 atom stereocenters. The standard InChI is InChI=1S/C13H18FNO4S/c1-2-19-13(16)4-3-9-15-20(17,18)10-11-5-7-12(14)8-6-11/h5-8,15H,2-4,9-10H2,1H3. The van der Waals surface area contributed by atoms with Gasteiger partial charge in [-0.3, -0.25) is 4.79 Å². The Kier molecular flexibility index (Phi) is 6.60. The molecule has 0 aliphatic heterocycles. The van der Waals surface area contributed by atoms with E-state index in [4.69, 9.17) is 4.74 Å². The van der Waals surface area contributed by atoms with Crippen LogP contribution >= 0.6 is 0 Å². The summed E-state index contributed by atoms with van der Waals surface area (Å²) in [4.78, 5) is 11.1. The summed E-state index contributed by atoms with van der Waals surface area (Å²) in [5.41, 5.74) is 0.504. The second-order valence-electron chi connectivity index (χ2n) is 4.19. The van der Waals surface area contributed by atoms with Crippen LogP contribution in [0.15, 0.2) is 24.3 Å². The van der Waals surface area contributed by atoms with Crippen LogP contribution in [0, 0.1) is 5.82 Å². The van der Waals surface area contributed by atoms with Crippen LogP contribution in [0.2, 0.25) is 0 Å². The Morgan fingerprint density at radius 3 is 2.55 bits per heavy atom. The van der Waals surface area contributed by atoms with Gasteiger partial charge in [0.25, 0.3) is 0 Å². The first-order valence-corrected chi connectivity index (χ1v) is 7.95. The minimum atomic E-state index is -3.48. The van der Waals surface area contributed by atoms with Gasteiger partial charge in [-0.05, 0) is 31.0 Å². The first kappa shape index (κ1) is 16.6. The lowest BCUT2D eigenvalue weighted by Gasteiger charge is -2.06. The molecule has 7 heteroatoms. The summed E-state index contributed by atoms with van der Waals surface area (Å²) in [6.07, 6.45) is 0.550. The fraction of sp³-hybridized carbons (Fsp3) is 0.462. The van der Waals surface area contributed by atoms with Crippen molar-refractivity contribution in [2.24, 2.45) is 0 Å². The first-order chi connectivity index (χ1) is 9.43. The van der Waals surface area contributed by atoms with Gasteiger partial charge in [-0.2, -0.15) is 0 Å². The van der Waals surface area contributed by atoms with Crippen molar-refractivity contribution in [3.63, 3.8) is 0 Å². The van der Waals surface area contributed by atoms with E-state index in [0.29, 0.717) is 18.6 Å². The highest BCUT2D eigenvalue weighted by molar-refractivity contribution is 7.88. The highest BCUT2D eigenvalue weighted by Gasteiger charge is 2.11. The molecule has 5 nitrogen and oxygen atoms in total. The molecule has 0 spiro atoms. The van der Waals surface area contributed by atoms with Crippen molar-refractivity contribution >= 4 is 16.0 Å². The molecule has 20 heavy (non-hydrogen) atoms. The summed E-state index contributed by atoms with van der Waals surface area (Å²) in [5.74, 6) is -0.967. The lowest BCUT2D eigenvalue weighted by Crippen LogP contribution is -2.26. The molecule has 0 heterocycles. The van der Waals surface area contributed by atoms with Gasteiger partial charge in [0.15, 0.2) is 0 Å². The normalized spacial score (nSPS) is 11.3. The third kappa shape index (κ3) is 6.63. The van der Waals surface area contributed by atoms with Crippen LogP contribution in [-0.4, -0.2) is 27.5 Å². The van der Waals surface area contributed by atoms with Crippen molar-refractivity contribution in [2.75, 3.05) is 13.2 Å². The number of esters is 1. The van der Waals surface area contributed by atoms with Crippen molar-refractivity contribution in [3.05, 3.63) is 35.6 Å². The van der Waals surface area contributed by atoms with Crippen molar-refractivity contribution in [3.8, 4) is 0 Å². The topological polar surface area (TPSA) is 72.5 Å². The number of carbonyl (C=O) groups excluding carboxylic acids is 1. The van der Waals surface area contributed by atoms with Crippen LogP contribution in [0.4, 0.5) is 4.39 Å². The zero-order valence-corrected chi connectivity index (χ0v) is 12.1. The molecule has 112 valence electrons. The highest BCUT2D eigenvalue weighted by atomic mass is 32.2. The summed E-state index contributed by atoms with van der Waals surface area (Å²) in [7, 11) is -3.48. The Hall–Kier alpha value is -1.47. The molecule has 0 amide bonds. The number of nitrogens with one attached hydrogen (secondary N) is 1. The van der Waals surface area contributed by atoms with Gasteiger partial charge in [0.1, 0.15) is 5.82 Å². The zero-order chi connectivity index (χ0) is 15.0. The number of hydrogen-bond acceptors (Lipinski definition) is 4. The molecule has 0 radical (unpaired) electrons. The summed E-state index contributed by atoms with van der Waals surface area (Å²) in [6, 6.07) is 5.28. The predicted octanol–water partition coefficient (Wildman–Crippen LogP) is 1.59. The largest absolute Gasteiger partial charge is 0.466 e. The molecule has 0 saturated heterocycles. The Labute approximate surface area is 118 Å².